The Bertz CT molecular complexity index is 457. The monoisotopic (exact) mass is 312 g/mol. The van der Waals surface area contributed by atoms with Gasteiger partial charge in [0.15, 0.2) is 0 Å². The predicted octanol–water partition coefficient (Wildman–Crippen LogP) is 3.08. The Labute approximate surface area is 133 Å². The average molecular weight is 313 g/mol. The number of hydrogen-bond donors (Lipinski definition) is 1. The van der Waals surface area contributed by atoms with Gasteiger partial charge in [-0.25, -0.2) is 0 Å². The highest BCUT2D eigenvalue weighted by atomic mass is 35.5. The number of hydrogen-bond acceptors (Lipinski definition) is 3. The molecular weight excluding hydrogens is 284 g/mol. The lowest BCUT2D eigenvalue weighted by molar-refractivity contribution is 0.117. The van der Waals surface area contributed by atoms with Crippen LogP contribution in [0.25, 0.3) is 0 Å². The zero-order valence-electron chi connectivity index (χ0n) is 13.8. The van der Waals surface area contributed by atoms with E-state index in [1.807, 2.05) is 0 Å². The number of halogens is 1. The third-order valence-corrected chi connectivity index (χ3v) is 4.83. The molecule has 0 aliphatic carbocycles. The highest BCUT2D eigenvalue weighted by Gasteiger charge is 2.27. The number of rotatable bonds is 6. The molecule has 2 heterocycles. The smallest absolute Gasteiger partial charge is 0.0863 e. The average Bonchev–Trinajstić information content (AvgIpc) is 2.78. The maximum absolute atomic E-state index is 6.56. The van der Waals surface area contributed by atoms with Crippen LogP contribution in [0.5, 0.6) is 0 Å². The van der Waals surface area contributed by atoms with E-state index in [4.69, 9.17) is 11.6 Å². The summed E-state index contributed by atoms with van der Waals surface area (Å²) in [7, 11) is 0. The molecule has 0 aromatic carbocycles. The van der Waals surface area contributed by atoms with E-state index in [0.717, 1.165) is 43.3 Å². The SMILES string of the molecule is CCCC1CNC(C)CN1Cc1c(Cl)c(CC)nn1CC. The number of aromatic nitrogens is 2. The van der Waals surface area contributed by atoms with Crippen molar-refractivity contribution < 1.29 is 0 Å². The largest absolute Gasteiger partial charge is 0.311 e. The molecule has 21 heavy (non-hydrogen) atoms. The molecule has 2 atom stereocenters. The van der Waals surface area contributed by atoms with Crippen LogP contribution in [0.15, 0.2) is 0 Å². The lowest BCUT2D eigenvalue weighted by atomic mass is 10.0. The first kappa shape index (κ1) is 16.8. The van der Waals surface area contributed by atoms with Gasteiger partial charge in [0.1, 0.15) is 0 Å². The summed E-state index contributed by atoms with van der Waals surface area (Å²) in [6.45, 7) is 12.7. The van der Waals surface area contributed by atoms with Gasteiger partial charge >= 0.3 is 0 Å². The summed E-state index contributed by atoms with van der Waals surface area (Å²) in [5.41, 5.74) is 2.22. The van der Waals surface area contributed by atoms with E-state index in [0.29, 0.717) is 12.1 Å². The third kappa shape index (κ3) is 3.79. The molecule has 4 nitrogen and oxygen atoms in total. The van der Waals surface area contributed by atoms with Crippen LogP contribution < -0.4 is 5.32 Å². The third-order valence-electron chi connectivity index (χ3n) is 4.40. The van der Waals surface area contributed by atoms with Crippen LogP contribution in [0.2, 0.25) is 5.02 Å². The fraction of sp³-hybridized carbons (Fsp3) is 0.812. The van der Waals surface area contributed by atoms with Crippen molar-refractivity contribution in [3.63, 3.8) is 0 Å². The molecule has 1 aliphatic rings. The lowest BCUT2D eigenvalue weighted by Crippen LogP contribution is -2.55. The molecule has 1 N–H and O–H groups in total. The molecule has 2 rings (SSSR count). The topological polar surface area (TPSA) is 33.1 Å². The van der Waals surface area contributed by atoms with E-state index in [9.17, 15) is 0 Å². The number of nitrogens with one attached hydrogen (secondary N) is 1. The van der Waals surface area contributed by atoms with Crippen molar-refractivity contribution in [2.75, 3.05) is 13.1 Å². The van der Waals surface area contributed by atoms with Crippen molar-refractivity contribution in [3.8, 4) is 0 Å². The molecule has 2 unspecified atom stereocenters. The molecule has 5 heteroatoms. The van der Waals surface area contributed by atoms with Crippen LogP contribution in [0.1, 0.15) is 51.9 Å². The Hall–Kier alpha value is -0.580. The molecule has 1 saturated heterocycles. The van der Waals surface area contributed by atoms with Crippen LogP contribution in [0, 0.1) is 0 Å². The minimum Gasteiger partial charge on any atom is -0.311 e. The van der Waals surface area contributed by atoms with Crippen molar-refractivity contribution in [3.05, 3.63) is 16.4 Å². The summed E-state index contributed by atoms with van der Waals surface area (Å²) in [5.74, 6) is 0. The molecule has 1 aromatic rings. The highest BCUT2D eigenvalue weighted by molar-refractivity contribution is 6.31. The second kappa shape index (κ2) is 7.61. The maximum atomic E-state index is 6.56. The molecule has 0 bridgehead atoms. The zero-order chi connectivity index (χ0) is 15.4. The van der Waals surface area contributed by atoms with Crippen LogP contribution in [0.3, 0.4) is 0 Å². The fourth-order valence-corrected chi connectivity index (χ4v) is 3.53. The van der Waals surface area contributed by atoms with Gasteiger partial charge in [0.2, 0.25) is 0 Å². The van der Waals surface area contributed by atoms with Crippen molar-refractivity contribution in [2.24, 2.45) is 0 Å². The summed E-state index contributed by atoms with van der Waals surface area (Å²) in [6, 6.07) is 1.15. The zero-order valence-corrected chi connectivity index (χ0v) is 14.6. The maximum Gasteiger partial charge on any atom is 0.0863 e. The van der Waals surface area contributed by atoms with Gasteiger partial charge in [0.25, 0.3) is 0 Å². The number of piperazine rings is 1. The Morgan fingerprint density at radius 2 is 2.10 bits per heavy atom. The Morgan fingerprint density at radius 3 is 2.71 bits per heavy atom. The van der Waals surface area contributed by atoms with Gasteiger partial charge in [-0.1, -0.05) is 31.9 Å². The van der Waals surface area contributed by atoms with Gasteiger partial charge in [0, 0.05) is 38.3 Å². The summed E-state index contributed by atoms with van der Waals surface area (Å²) in [6.07, 6.45) is 3.35. The van der Waals surface area contributed by atoms with Crippen molar-refractivity contribution in [2.45, 2.75) is 72.1 Å². The summed E-state index contributed by atoms with van der Waals surface area (Å²) < 4.78 is 2.08. The normalized spacial score (nSPS) is 23.7. The van der Waals surface area contributed by atoms with Gasteiger partial charge < -0.3 is 5.32 Å². The predicted molar refractivity (Wildman–Crippen MR) is 88.9 cm³/mol. The molecule has 0 spiro atoms. The van der Waals surface area contributed by atoms with Crippen LogP contribution in [0.4, 0.5) is 0 Å². The summed E-state index contributed by atoms with van der Waals surface area (Å²) >= 11 is 6.56. The van der Waals surface area contributed by atoms with Gasteiger partial charge in [0.05, 0.1) is 16.4 Å². The highest BCUT2D eigenvalue weighted by Crippen LogP contribution is 2.25. The summed E-state index contributed by atoms with van der Waals surface area (Å²) in [4.78, 5) is 2.58. The quantitative estimate of drug-likeness (QED) is 0.876. The van der Waals surface area contributed by atoms with Crippen LogP contribution in [-0.2, 0) is 19.5 Å². The van der Waals surface area contributed by atoms with Crippen molar-refractivity contribution in [1.82, 2.24) is 20.0 Å². The van der Waals surface area contributed by atoms with Gasteiger partial charge in [-0.2, -0.15) is 5.10 Å². The molecule has 0 amide bonds. The molecule has 120 valence electrons. The van der Waals surface area contributed by atoms with Crippen LogP contribution in [-0.4, -0.2) is 39.9 Å². The van der Waals surface area contributed by atoms with E-state index >= 15 is 0 Å². The molecule has 0 saturated carbocycles. The minimum atomic E-state index is 0.542. The van der Waals surface area contributed by atoms with Crippen molar-refractivity contribution in [1.29, 1.82) is 0 Å². The molecule has 1 fully saturated rings. The van der Waals surface area contributed by atoms with Gasteiger partial charge in [-0.3, -0.25) is 9.58 Å². The van der Waals surface area contributed by atoms with E-state index < -0.39 is 0 Å². The lowest BCUT2D eigenvalue weighted by Gasteiger charge is -2.39. The second-order valence-electron chi connectivity index (χ2n) is 6.06. The summed E-state index contributed by atoms with van der Waals surface area (Å²) in [5, 5.41) is 9.12. The van der Waals surface area contributed by atoms with Gasteiger partial charge in [-0.05, 0) is 26.7 Å². The standard InChI is InChI=1S/C16H29ClN4/c1-5-8-13-9-18-12(4)10-20(13)11-15-16(17)14(6-2)19-21(15)7-3/h12-13,18H,5-11H2,1-4H3. The van der Waals surface area contributed by atoms with E-state index in [-0.39, 0.29) is 0 Å². The van der Waals surface area contributed by atoms with E-state index in [1.165, 1.54) is 18.5 Å². The Morgan fingerprint density at radius 1 is 1.33 bits per heavy atom. The molecular formula is C16H29ClN4. The van der Waals surface area contributed by atoms with Crippen LogP contribution >= 0.6 is 11.6 Å². The second-order valence-corrected chi connectivity index (χ2v) is 6.44. The first-order chi connectivity index (χ1) is 10.1. The van der Waals surface area contributed by atoms with Gasteiger partial charge in [-0.15, -0.1) is 0 Å². The number of aryl methyl sites for hydroxylation is 2. The van der Waals surface area contributed by atoms with Crippen molar-refractivity contribution >= 4 is 11.6 Å². The Balaban J connectivity index is 2.19. The van der Waals surface area contributed by atoms with E-state index in [2.05, 4.69) is 47.7 Å². The Kier molecular flexibility index (Phi) is 6.08. The molecule has 1 aliphatic heterocycles. The number of nitrogens with zero attached hydrogens (tertiary/aromatic N) is 3. The molecule has 0 radical (unpaired) electrons. The fourth-order valence-electron chi connectivity index (χ4n) is 3.20. The minimum absolute atomic E-state index is 0.542. The molecule has 1 aromatic heterocycles. The van der Waals surface area contributed by atoms with E-state index in [1.54, 1.807) is 0 Å². The first-order valence-corrected chi connectivity index (χ1v) is 8.69. The first-order valence-electron chi connectivity index (χ1n) is 8.32.